The lowest BCUT2D eigenvalue weighted by molar-refractivity contribution is 0.602. The summed E-state index contributed by atoms with van der Waals surface area (Å²) in [5, 5.41) is 14.7. The van der Waals surface area contributed by atoms with Crippen molar-refractivity contribution >= 4 is 17.3 Å². The summed E-state index contributed by atoms with van der Waals surface area (Å²) in [6.07, 6.45) is 3.17. The van der Waals surface area contributed by atoms with Crippen molar-refractivity contribution in [2.75, 3.05) is 11.4 Å². The Labute approximate surface area is 149 Å². The molecule has 1 aromatic heterocycles. The van der Waals surface area contributed by atoms with Crippen LogP contribution in [0, 0.1) is 5.82 Å². The first-order valence-electron chi connectivity index (χ1n) is 8.26. The maximum Gasteiger partial charge on any atom is 0.204 e. The number of benzene rings is 2. The molecule has 0 fully saturated rings. The van der Waals surface area contributed by atoms with E-state index in [2.05, 4.69) is 25.5 Å². The molecule has 2 aromatic carbocycles. The fourth-order valence-electron chi connectivity index (χ4n) is 3.29. The van der Waals surface area contributed by atoms with Crippen LogP contribution in [0.1, 0.15) is 24.0 Å². The Morgan fingerprint density at radius 1 is 1.16 bits per heavy atom. The standard InChI is InChI=1S/C18H17ClFN5/c19-15-5-7-17-12(10-15)3-1-2-8-25(17)11-14-9-13(4-6-16(14)20)18-21-23-24-22-18/h4-7,9-10H,1-3,8,11H2,(H,21,22,23,24). The Kier molecular flexibility index (Phi) is 4.36. The molecule has 0 saturated heterocycles. The number of aromatic nitrogens is 4. The Balaban J connectivity index is 1.67. The van der Waals surface area contributed by atoms with Gasteiger partial charge in [-0.05, 0) is 66.4 Å². The van der Waals surface area contributed by atoms with E-state index in [1.807, 2.05) is 18.2 Å². The van der Waals surface area contributed by atoms with Crippen molar-refractivity contribution in [1.82, 2.24) is 20.6 Å². The summed E-state index contributed by atoms with van der Waals surface area (Å²) in [5.41, 5.74) is 3.72. The van der Waals surface area contributed by atoms with E-state index in [0.717, 1.165) is 42.1 Å². The lowest BCUT2D eigenvalue weighted by Crippen LogP contribution is -2.24. The largest absolute Gasteiger partial charge is 0.367 e. The molecule has 1 aliphatic heterocycles. The van der Waals surface area contributed by atoms with Gasteiger partial charge in [-0.3, -0.25) is 0 Å². The number of hydrogen-bond acceptors (Lipinski definition) is 4. The fraction of sp³-hybridized carbons (Fsp3) is 0.278. The van der Waals surface area contributed by atoms with E-state index in [9.17, 15) is 4.39 Å². The minimum Gasteiger partial charge on any atom is -0.367 e. The number of nitrogens with one attached hydrogen (secondary N) is 1. The monoisotopic (exact) mass is 357 g/mol. The van der Waals surface area contributed by atoms with Gasteiger partial charge in [0.1, 0.15) is 5.82 Å². The Morgan fingerprint density at radius 2 is 2.08 bits per heavy atom. The third-order valence-electron chi connectivity index (χ3n) is 4.52. The van der Waals surface area contributed by atoms with E-state index >= 15 is 0 Å². The van der Waals surface area contributed by atoms with E-state index in [4.69, 9.17) is 11.6 Å². The summed E-state index contributed by atoms with van der Waals surface area (Å²) in [4.78, 5) is 2.22. The van der Waals surface area contributed by atoms with E-state index in [1.54, 1.807) is 12.1 Å². The molecule has 5 nitrogen and oxygen atoms in total. The zero-order valence-corrected chi connectivity index (χ0v) is 14.3. The maximum atomic E-state index is 14.4. The average Bonchev–Trinajstić information content (AvgIpc) is 3.07. The Bertz CT molecular complexity index is 881. The average molecular weight is 358 g/mol. The Morgan fingerprint density at radius 3 is 2.92 bits per heavy atom. The van der Waals surface area contributed by atoms with Crippen molar-refractivity contribution in [2.24, 2.45) is 0 Å². The third-order valence-corrected chi connectivity index (χ3v) is 4.75. The molecule has 7 heteroatoms. The van der Waals surface area contributed by atoms with Gasteiger partial charge in [-0.25, -0.2) is 4.39 Å². The Hall–Kier alpha value is -2.47. The topological polar surface area (TPSA) is 57.7 Å². The summed E-state index contributed by atoms with van der Waals surface area (Å²) in [6, 6.07) is 10.9. The highest BCUT2D eigenvalue weighted by Crippen LogP contribution is 2.31. The van der Waals surface area contributed by atoms with Crippen molar-refractivity contribution in [1.29, 1.82) is 0 Å². The van der Waals surface area contributed by atoms with Gasteiger partial charge in [-0.1, -0.05) is 11.6 Å². The molecule has 0 radical (unpaired) electrons. The maximum absolute atomic E-state index is 14.4. The number of halogens is 2. The number of hydrogen-bond donors (Lipinski definition) is 1. The molecule has 1 N–H and O–H groups in total. The number of aromatic amines is 1. The zero-order chi connectivity index (χ0) is 17.2. The molecule has 0 saturated carbocycles. The van der Waals surface area contributed by atoms with Gasteiger partial charge in [-0.2, -0.15) is 5.21 Å². The van der Waals surface area contributed by atoms with Gasteiger partial charge >= 0.3 is 0 Å². The van der Waals surface area contributed by atoms with Gasteiger partial charge in [0.2, 0.25) is 5.82 Å². The molecule has 4 rings (SSSR count). The van der Waals surface area contributed by atoms with Gasteiger partial charge in [0, 0.05) is 34.9 Å². The zero-order valence-electron chi connectivity index (χ0n) is 13.5. The molecule has 0 spiro atoms. The molecule has 0 amide bonds. The number of fused-ring (bicyclic) bond motifs is 1. The minimum atomic E-state index is -0.230. The van der Waals surface area contributed by atoms with Crippen molar-refractivity contribution in [3.8, 4) is 11.4 Å². The van der Waals surface area contributed by atoms with Crippen LogP contribution in [-0.2, 0) is 13.0 Å². The SMILES string of the molecule is Fc1ccc(-c2nn[nH]n2)cc1CN1CCCCc2cc(Cl)ccc21. The predicted octanol–water partition coefficient (Wildman–Crippen LogP) is 4.00. The molecule has 2 heterocycles. The van der Waals surface area contributed by atoms with E-state index < -0.39 is 0 Å². The number of anilines is 1. The van der Waals surface area contributed by atoms with Crippen LogP contribution < -0.4 is 4.90 Å². The number of nitrogens with zero attached hydrogens (tertiary/aromatic N) is 4. The molecule has 0 aliphatic carbocycles. The molecule has 3 aromatic rings. The van der Waals surface area contributed by atoms with Gasteiger partial charge < -0.3 is 4.90 Å². The number of aryl methyl sites for hydroxylation is 1. The first kappa shape index (κ1) is 16.0. The highest BCUT2D eigenvalue weighted by molar-refractivity contribution is 6.30. The smallest absolute Gasteiger partial charge is 0.204 e. The third kappa shape index (κ3) is 3.35. The molecule has 0 unspecified atom stereocenters. The van der Waals surface area contributed by atoms with Crippen molar-refractivity contribution in [3.05, 3.63) is 58.4 Å². The molecular formula is C18H17ClFN5. The van der Waals surface area contributed by atoms with Crippen molar-refractivity contribution in [2.45, 2.75) is 25.8 Å². The normalized spacial score (nSPS) is 14.2. The summed E-state index contributed by atoms with van der Waals surface area (Å²) < 4.78 is 14.4. The van der Waals surface area contributed by atoms with Crippen molar-refractivity contribution in [3.63, 3.8) is 0 Å². The number of tetrazole rings is 1. The highest BCUT2D eigenvalue weighted by atomic mass is 35.5. The lowest BCUT2D eigenvalue weighted by atomic mass is 10.1. The van der Waals surface area contributed by atoms with Crippen LogP contribution in [-0.4, -0.2) is 27.2 Å². The van der Waals surface area contributed by atoms with Crippen LogP contribution in [0.3, 0.4) is 0 Å². The molecule has 0 atom stereocenters. The lowest BCUT2D eigenvalue weighted by Gasteiger charge is -2.25. The first-order chi connectivity index (χ1) is 12.2. The van der Waals surface area contributed by atoms with Gasteiger partial charge in [0.05, 0.1) is 0 Å². The second-order valence-electron chi connectivity index (χ2n) is 6.19. The molecule has 1 aliphatic rings. The van der Waals surface area contributed by atoms with Crippen LogP contribution in [0.5, 0.6) is 0 Å². The summed E-state index contributed by atoms with van der Waals surface area (Å²) in [7, 11) is 0. The summed E-state index contributed by atoms with van der Waals surface area (Å²) in [6.45, 7) is 1.38. The van der Waals surface area contributed by atoms with E-state index in [1.165, 1.54) is 11.6 Å². The second-order valence-corrected chi connectivity index (χ2v) is 6.63. The van der Waals surface area contributed by atoms with Crippen LogP contribution in [0.15, 0.2) is 36.4 Å². The summed E-state index contributed by atoms with van der Waals surface area (Å²) in [5.74, 6) is 0.233. The molecule has 0 bridgehead atoms. The van der Waals surface area contributed by atoms with Gasteiger partial charge in [0.25, 0.3) is 0 Å². The molecular weight excluding hydrogens is 341 g/mol. The van der Waals surface area contributed by atoms with Crippen LogP contribution in [0.2, 0.25) is 5.02 Å². The van der Waals surface area contributed by atoms with Gasteiger partial charge in [-0.15, -0.1) is 10.2 Å². The predicted molar refractivity (Wildman–Crippen MR) is 95.0 cm³/mol. The molecule has 128 valence electrons. The first-order valence-corrected chi connectivity index (χ1v) is 8.64. The second kappa shape index (κ2) is 6.80. The summed E-state index contributed by atoms with van der Waals surface area (Å²) >= 11 is 6.14. The minimum absolute atomic E-state index is 0.230. The van der Waals surface area contributed by atoms with Crippen molar-refractivity contribution < 1.29 is 4.39 Å². The quantitative estimate of drug-likeness (QED) is 0.769. The highest BCUT2D eigenvalue weighted by Gasteiger charge is 2.18. The van der Waals surface area contributed by atoms with Gasteiger partial charge in [0.15, 0.2) is 0 Å². The molecule has 25 heavy (non-hydrogen) atoms. The van der Waals surface area contributed by atoms with Crippen LogP contribution >= 0.6 is 11.6 Å². The number of rotatable bonds is 3. The van der Waals surface area contributed by atoms with E-state index in [-0.39, 0.29) is 5.82 Å². The van der Waals surface area contributed by atoms with Crippen LogP contribution in [0.25, 0.3) is 11.4 Å². The van der Waals surface area contributed by atoms with E-state index in [0.29, 0.717) is 17.9 Å². The fourth-order valence-corrected chi connectivity index (χ4v) is 3.49. The van der Waals surface area contributed by atoms with Crippen LogP contribution in [0.4, 0.5) is 10.1 Å². The number of H-pyrrole nitrogens is 1.